The quantitative estimate of drug-likeness (QED) is 0.588. The highest BCUT2D eigenvalue weighted by molar-refractivity contribution is 5.98. The van der Waals surface area contributed by atoms with E-state index in [2.05, 4.69) is 25.4 Å². The maximum atomic E-state index is 13.0. The Kier molecular flexibility index (Phi) is 3.92. The molecule has 1 atom stereocenters. The Balaban J connectivity index is 1.34. The third-order valence-corrected chi connectivity index (χ3v) is 5.09. The van der Waals surface area contributed by atoms with Gasteiger partial charge < -0.3 is 14.4 Å². The first-order valence-electron chi connectivity index (χ1n) is 9.27. The Bertz CT molecular complexity index is 1110. The number of amides is 1. The van der Waals surface area contributed by atoms with Crippen molar-refractivity contribution in [3.63, 3.8) is 0 Å². The van der Waals surface area contributed by atoms with Crippen LogP contribution in [-0.4, -0.2) is 54.0 Å². The van der Waals surface area contributed by atoms with Crippen LogP contribution in [0.15, 0.2) is 41.1 Å². The van der Waals surface area contributed by atoms with Crippen molar-refractivity contribution in [1.29, 1.82) is 0 Å². The zero-order valence-electron chi connectivity index (χ0n) is 15.4. The number of aromatic amines is 1. The number of para-hydroxylation sites is 1. The first-order chi connectivity index (χ1) is 13.7. The van der Waals surface area contributed by atoms with E-state index in [9.17, 15) is 4.79 Å². The summed E-state index contributed by atoms with van der Waals surface area (Å²) >= 11 is 0. The number of hydrogen-bond donors (Lipinski definition) is 1. The summed E-state index contributed by atoms with van der Waals surface area (Å²) in [7, 11) is 0. The van der Waals surface area contributed by atoms with Crippen molar-refractivity contribution in [3.8, 4) is 11.5 Å². The van der Waals surface area contributed by atoms with Crippen LogP contribution in [0.1, 0.15) is 35.3 Å². The normalized spacial score (nSPS) is 17.3. The molecule has 28 heavy (non-hydrogen) atoms. The molecular formula is C19H19N7O2. The molecule has 1 aromatic carbocycles. The second-order valence-electron chi connectivity index (χ2n) is 7.04. The largest absolute Gasteiger partial charge is 0.351 e. The van der Waals surface area contributed by atoms with Crippen molar-refractivity contribution in [3.05, 3.63) is 48.1 Å². The molecule has 9 nitrogen and oxygen atoms in total. The summed E-state index contributed by atoms with van der Waals surface area (Å²) < 4.78 is 6.80. The molecule has 3 aromatic heterocycles. The molecule has 1 aliphatic heterocycles. The van der Waals surface area contributed by atoms with Gasteiger partial charge in [0.1, 0.15) is 5.69 Å². The monoisotopic (exact) mass is 377 g/mol. The number of rotatable bonds is 3. The summed E-state index contributed by atoms with van der Waals surface area (Å²) in [5, 5.41) is 13.3. The lowest BCUT2D eigenvalue weighted by Gasteiger charge is -2.32. The molecule has 0 saturated carbocycles. The standard InChI is InChI=1S/C19H19N7O2/c1-12-20-18(23-28-12)17-11-26(24-22-17)14-6-4-8-25(10-14)19(27)16-9-13-5-2-3-7-15(13)21-16/h2-3,5,7,9,11,14,21H,4,6,8,10H2,1H3/t14-/m0/s1. The van der Waals surface area contributed by atoms with Crippen molar-refractivity contribution in [2.24, 2.45) is 0 Å². The van der Waals surface area contributed by atoms with Gasteiger partial charge in [-0.05, 0) is 25.0 Å². The van der Waals surface area contributed by atoms with Gasteiger partial charge in [0.25, 0.3) is 5.91 Å². The topological polar surface area (TPSA) is 106 Å². The minimum atomic E-state index is 0.00929. The zero-order chi connectivity index (χ0) is 19.1. The Labute approximate surface area is 160 Å². The van der Waals surface area contributed by atoms with E-state index in [-0.39, 0.29) is 11.9 Å². The van der Waals surface area contributed by atoms with Gasteiger partial charge in [-0.2, -0.15) is 4.98 Å². The van der Waals surface area contributed by atoms with E-state index in [1.807, 2.05) is 41.4 Å². The van der Waals surface area contributed by atoms with Gasteiger partial charge in [0.15, 0.2) is 5.69 Å². The average molecular weight is 377 g/mol. The van der Waals surface area contributed by atoms with Crippen molar-refractivity contribution in [1.82, 2.24) is 35.0 Å². The molecule has 0 aliphatic carbocycles. The Morgan fingerprint density at radius 2 is 2.21 bits per heavy atom. The molecule has 1 aliphatic rings. The van der Waals surface area contributed by atoms with Gasteiger partial charge in [0.2, 0.25) is 11.7 Å². The number of carbonyl (C=O) groups is 1. The predicted octanol–water partition coefficient (Wildman–Crippen LogP) is 2.60. The molecule has 4 heterocycles. The third-order valence-electron chi connectivity index (χ3n) is 5.09. The second-order valence-corrected chi connectivity index (χ2v) is 7.04. The van der Waals surface area contributed by atoms with Crippen molar-refractivity contribution < 1.29 is 9.32 Å². The van der Waals surface area contributed by atoms with Crippen LogP contribution in [0.3, 0.4) is 0 Å². The van der Waals surface area contributed by atoms with Crippen LogP contribution in [-0.2, 0) is 0 Å². The number of aryl methyl sites for hydroxylation is 1. The van der Waals surface area contributed by atoms with Crippen LogP contribution in [0, 0.1) is 6.92 Å². The summed E-state index contributed by atoms with van der Waals surface area (Å²) in [6.45, 7) is 3.05. The molecule has 4 aromatic rings. The van der Waals surface area contributed by atoms with E-state index in [0.717, 1.165) is 30.3 Å². The Morgan fingerprint density at radius 3 is 3.04 bits per heavy atom. The van der Waals surface area contributed by atoms with E-state index in [1.165, 1.54) is 0 Å². The first-order valence-corrected chi connectivity index (χ1v) is 9.27. The molecule has 1 N–H and O–H groups in total. The average Bonchev–Trinajstić information content (AvgIpc) is 3.46. The van der Waals surface area contributed by atoms with Gasteiger partial charge >= 0.3 is 0 Å². The Hall–Kier alpha value is -3.49. The molecule has 5 rings (SSSR count). The molecule has 1 fully saturated rings. The number of piperidine rings is 1. The predicted molar refractivity (Wildman–Crippen MR) is 101 cm³/mol. The number of H-pyrrole nitrogens is 1. The highest BCUT2D eigenvalue weighted by Gasteiger charge is 2.27. The van der Waals surface area contributed by atoms with Gasteiger partial charge in [-0.15, -0.1) is 5.10 Å². The number of carbonyl (C=O) groups excluding carboxylic acids is 1. The summed E-state index contributed by atoms with van der Waals surface area (Å²) in [5.41, 5.74) is 2.15. The van der Waals surface area contributed by atoms with Crippen LogP contribution in [0.2, 0.25) is 0 Å². The van der Waals surface area contributed by atoms with Crippen molar-refractivity contribution in [2.75, 3.05) is 13.1 Å². The molecule has 0 bridgehead atoms. The lowest BCUT2D eigenvalue weighted by molar-refractivity contribution is 0.0667. The summed E-state index contributed by atoms with van der Waals surface area (Å²) in [5.74, 6) is 0.915. The van der Waals surface area contributed by atoms with Gasteiger partial charge in [0, 0.05) is 30.9 Å². The minimum Gasteiger partial charge on any atom is -0.351 e. The smallest absolute Gasteiger partial charge is 0.270 e. The SMILES string of the molecule is Cc1nc(-c2cn([C@H]3CCCN(C(=O)c4cc5ccccc5[nH]4)C3)nn2)no1. The van der Waals surface area contributed by atoms with E-state index in [0.29, 0.717) is 29.6 Å². The summed E-state index contributed by atoms with van der Waals surface area (Å²) in [6.07, 6.45) is 3.66. The van der Waals surface area contributed by atoms with Gasteiger partial charge in [-0.1, -0.05) is 28.6 Å². The molecule has 142 valence electrons. The fourth-order valence-electron chi connectivity index (χ4n) is 3.67. The molecular weight excluding hydrogens is 358 g/mol. The molecule has 1 saturated heterocycles. The molecule has 9 heteroatoms. The van der Waals surface area contributed by atoms with Crippen molar-refractivity contribution >= 4 is 16.8 Å². The van der Waals surface area contributed by atoms with Crippen LogP contribution < -0.4 is 0 Å². The van der Waals surface area contributed by atoms with Gasteiger partial charge in [-0.25, -0.2) is 4.68 Å². The van der Waals surface area contributed by atoms with E-state index in [1.54, 1.807) is 11.6 Å². The van der Waals surface area contributed by atoms with Crippen molar-refractivity contribution in [2.45, 2.75) is 25.8 Å². The third kappa shape index (κ3) is 2.94. The van der Waals surface area contributed by atoms with Gasteiger partial charge in [0.05, 0.1) is 12.2 Å². The van der Waals surface area contributed by atoms with E-state index in [4.69, 9.17) is 4.52 Å². The summed E-state index contributed by atoms with van der Waals surface area (Å²) in [6, 6.07) is 9.87. The number of fused-ring (bicyclic) bond motifs is 1. The maximum absolute atomic E-state index is 13.0. The van der Waals surface area contributed by atoms with E-state index >= 15 is 0 Å². The number of likely N-dealkylation sites (tertiary alicyclic amines) is 1. The summed E-state index contributed by atoms with van der Waals surface area (Å²) in [4.78, 5) is 22.3. The number of benzene rings is 1. The second kappa shape index (κ2) is 6.59. The lowest BCUT2D eigenvalue weighted by atomic mass is 10.1. The minimum absolute atomic E-state index is 0.00929. The molecule has 0 unspecified atom stereocenters. The Morgan fingerprint density at radius 1 is 1.32 bits per heavy atom. The molecule has 0 spiro atoms. The van der Waals surface area contributed by atoms with Crippen LogP contribution in [0.4, 0.5) is 0 Å². The van der Waals surface area contributed by atoms with Crippen LogP contribution in [0.25, 0.3) is 22.4 Å². The zero-order valence-corrected chi connectivity index (χ0v) is 15.4. The highest BCUT2D eigenvalue weighted by Crippen LogP contribution is 2.24. The number of aromatic nitrogens is 6. The fourth-order valence-corrected chi connectivity index (χ4v) is 3.67. The number of hydrogen-bond acceptors (Lipinski definition) is 6. The number of nitrogens with zero attached hydrogens (tertiary/aromatic N) is 6. The molecule has 1 amide bonds. The lowest BCUT2D eigenvalue weighted by Crippen LogP contribution is -2.41. The van der Waals surface area contributed by atoms with Gasteiger partial charge in [-0.3, -0.25) is 4.79 Å². The van der Waals surface area contributed by atoms with E-state index < -0.39 is 0 Å². The number of nitrogens with one attached hydrogen (secondary N) is 1. The van der Waals surface area contributed by atoms with Crippen LogP contribution >= 0.6 is 0 Å². The maximum Gasteiger partial charge on any atom is 0.270 e. The fraction of sp³-hybridized carbons (Fsp3) is 0.316. The first kappa shape index (κ1) is 16.7. The van der Waals surface area contributed by atoms with Crippen LogP contribution in [0.5, 0.6) is 0 Å². The molecule has 0 radical (unpaired) electrons. The highest BCUT2D eigenvalue weighted by atomic mass is 16.5.